The van der Waals surface area contributed by atoms with Gasteiger partial charge in [-0.3, -0.25) is 0 Å². The molecule has 0 spiro atoms. The molecule has 0 aliphatic rings. The summed E-state index contributed by atoms with van der Waals surface area (Å²) in [4.78, 5) is 21.1. The van der Waals surface area contributed by atoms with E-state index in [9.17, 15) is 4.79 Å². The van der Waals surface area contributed by atoms with Gasteiger partial charge < -0.3 is 25.1 Å². The summed E-state index contributed by atoms with van der Waals surface area (Å²) in [7, 11) is 3.26. The van der Waals surface area contributed by atoms with E-state index >= 15 is 0 Å². The predicted octanol–water partition coefficient (Wildman–Crippen LogP) is 4.92. The normalized spacial score (nSPS) is 12.7. The van der Waals surface area contributed by atoms with E-state index in [1.165, 1.54) is 0 Å². The molecule has 3 aromatic carbocycles. The van der Waals surface area contributed by atoms with Crippen LogP contribution < -0.4 is 20.1 Å². The van der Waals surface area contributed by atoms with Crippen molar-refractivity contribution < 1.29 is 14.3 Å². The second kappa shape index (κ2) is 10.1. The monoisotopic (exact) mass is 444 g/mol. The number of ether oxygens (including phenoxy) is 2. The molecular weight excluding hydrogens is 416 g/mol. The van der Waals surface area contributed by atoms with Crippen LogP contribution in [0, 0.1) is 0 Å². The van der Waals surface area contributed by atoms with E-state index in [1.807, 2.05) is 79.7 Å². The van der Waals surface area contributed by atoms with Crippen molar-refractivity contribution >= 4 is 17.1 Å². The number of benzene rings is 3. The maximum absolute atomic E-state index is 13.0. The number of carbonyl (C=O) groups excluding carboxylic acids is 1. The molecule has 0 bridgehead atoms. The van der Waals surface area contributed by atoms with Crippen molar-refractivity contribution in [2.45, 2.75) is 25.4 Å². The molecule has 7 heteroatoms. The van der Waals surface area contributed by atoms with Crippen LogP contribution in [0.5, 0.6) is 11.5 Å². The van der Waals surface area contributed by atoms with Crippen molar-refractivity contribution in [3.8, 4) is 11.5 Å². The Kier molecular flexibility index (Phi) is 6.78. The lowest BCUT2D eigenvalue weighted by Crippen LogP contribution is -2.40. The van der Waals surface area contributed by atoms with Crippen molar-refractivity contribution in [3.63, 3.8) is 0 Å². The number of hydrogen-bond donors (Lipinski definition) is 3. The number of H-pyrrole nitrogens is 1. The molecule has 7 nitrogen and oxygen atoms in total. The Morgan fingerprint density at radius 1 is 0.939 bits per heavy atom. The van der Waals surface area contributed by atoms with Crippen molar-refractivity contribution in [3.05, 3.63) is 89.7 Å². The number of nitrogens with one attached hydrogen (secondary N) is 3. The Morgan fingerprint density at radius 2 is 1.67 bits per heavy atom. The molecular formula is C26H28N4O3. The lowest BCUT2D eigenvalue weighted by Gasteiger charge is -2.21. The van der Waals surface area contributed by atoms with Gasteiger partial charge >= 0.3 is 6.03 Å². The Morgan fingerprint density at radius 3 is 2.39 bits per heavy atom. The summed E-state index contributed by atoms with van der Waals surface area (Å²) >= 11 is 0. The number of aromatic nitrogens is 2. The number of carbonyl (C=O) groups is 1. The number of amides is 2. The van der Waals surface area contributed by atoms with Gasteiger partial charge in [0.05, 0.1) is 37.3 Å². The highest BCUT2D eigenvalue weighted by molar-refractivity contribution is 5.77. The first kappa shape index (κ1) is 22.2. The number of imidazole rings is 1. The first-order valence-electron chi connectivity index (χ1n) is 10.8. The molecule has 0 aliphatic carbocycles. The number of aromatic amines is 1. The molecule has 1 heterocycles. The van der Waals surface area contributed by atoms with E-state index in [1.54, 1.807) is 14.2 Å². The minimum atomic E-state index is -0.351. The SMILES string of the molecule is COc1ccc(C[C@@H](NC(=O)N[C@@H](C)c2ccccc2OC)c2nc3ccccc3[nH]2)cc1. The van der Waals surface area contributed by atoms with Gasteiger partial charge in [0.1, 0.15) is 17.3 Å². The van der Waals surface area contributed by atoms with Crippen LogP contribution in [0.2, 0.25) is 0 Å². The standard InChI is InChI=1S/C26H28N4O3/c1-17(20-8-4-7-11-24(20)33-3)27-26(31)30-23(16-18-12-14-19(32-2)15-13-18)25-28-21-9-5-6-10-22(21)29-25/h4-15,17,23H,16H2,1-3H3,(H,28,29)(H2,27,30,31)/t17-,23+/m0/s1. The summed E-state index contributed by atoms with van der Waals surface area (Å²) in [5, 5.41) is 6.11. The van der Waals surface area contributed by atoms with Gasteiger partial charge in [0, 0.05) is 5.56 Å². The lowest BCUT2D eigenvalue weighted by molar-refractivity contribution is 0.233. The topological polar surface area (TPSA) is 88.3 Å². The van der Waals surface area contributed by atoms with Crippen LogP contribution in [-0.4, -0.2) is 30.2 Å². The van der Waals surface area contributed by atoms with Crippen LogP contribution in [0.15, 0.2) is 72.8 Å². The predicted molar refractivity (Wildman–Crippen MR) is 129 cm³/mol. The summed E-state index contributed by atoms with van der Waals surface area (Å²) in [6.45, 7) is 1.93. The van der Waals surface area contributed by atoms with Gasteiger partial charge in [-0.1, -0.05) is 42.5 Å². The number of fused-ring (bicyclic) bond motifs is 1. The molecule has 2 atom stereocenters. The quantitative estimate of drug-likeness (QED) is 0.360. The van der Waals surface area contributed by atoms with Crippen LogP contribution in [0.3, 0.4) is 0 Å². The third kappa shape index (κ3) is 5.26. The molecule has 0 saturated heterocycles. The maximum atomic E-state index is 13.0. The van der Waals surface area contributed by atoms with Crippen LogP contribution in [0.1, 0.15) is 36.0 Å². The highest BCUT2D eigenvalue weighted by Crippen LogP contribution is 2.25. The van der Waals surface area contributed by atoms with E-state index in [0.717, 1.165) is 33.7 Å². The molecule has 3 N–H and O–H groups in total. The zero-order valence-electron chi connectivity index (χ0n) is 19.0. The highest BCUT2D eigenvalue weighted by atomic mass is 16.5. The molecule has 0 unspecified atom stereocenters. The number of urea groups is 1. The number of hydrogen-bond acceptors (Lipinski definition) is 4. The lowest BCUT2D eigenvalue weighted by atomic mass is 10.1. The summed E-state index contributed by atoms with van der Waals surface area (Å²) in [6, 6.07) is 22.4. The second-order valence-electron chi connectivity index (χ2n) is 7.83. The second-order valence-corrected chi connectivity index (χ2v) is 7.83. The molecule has 4 rings (SSSR count). The van der Waals surface area contributed by atoms with Gasteiger partial charge in [-0.05, 0) is 49.2 Å². The fraction of sp³-hybridized carbons (Fsp3) is 0.231. The van der Waals surface area contributed by atoms with Crippen molar-refractivity contribution in [1.82, 2.24) is 20.6 Å². The van der Waals surface area contributed by atoms with Crippen LogP contribution in [-0.2, 0) is 6.42 Å². The Labute approximate surface area is 193 Å². The smallest absolute Gasteiger partial charge is 0.315 e. The van der Waals surface area contributed by atoms with Crippen molar-refractivity contribution in [2.75, 3.05) is 14.2 Å². The summed E-state index contributed by atoms with van der Waals surface area (Å²) < 4.78 is 10.7. The molecule has 33 heavy (non-hydrogen) atoms. The Bertz CT molecular complexity index is 1190. The number of methoxy groups -OCH3 is 2. The van der Waals surface area contributed by atoms with Gasteiger partial charge in [-0.25, -0.2) is 9.78 Å². The van der Waals surface area contributed by atoms with Crippen LogP contribution >= 0.6 is 0 Å². The molecule has 1 aromatic heterocycles. The summed E-state index contributed by atoms with van der Waals surface area (Å²) in [5.74, 6) is 2.22. The molecule has 4 aromatic rings. The van der Waals surface area contributed by atoms with Gasteiger partial charge in [0.2, 0.25) is 0 Å². The van der Waals surface area contributed by atoms with Gasteiger partial charge in [-0.15, -0.1) is 0 Å². The van der Waals surface area contributed by atoms with Crippen molar-refractivity contribution in [1.29, 1.82) is 0 Å². The fourth-order valence-electron chi connectivity index (χ4n) is 3.85. The molecule has 2 amide bonds. The van der Waals surface area contributed by atoms with Crippen LogP contribution in [0.25, 0.3) is 11.0 Å². The third-order valence-electron chi connectivity index (χ3n) is 5.59. The minimum Gasteiger partial charge on any atom is -0.497 e. The zero-order valence-corrected chi connectivity index (χ0v) is 19.0. The maximum Gasteiger partial charge on any atom is 0.315 e. The molecule has 0 fully saturated rings. The van der Waals surface area contributed by atoms with Gasteiger partial charge in [-0.2, -0.15) is 0 Å². The van der Waals surface area contributed by atoms with E-state index in [-0.39, 0.29) is 18.1 Å². The highest BCUT2D eigenvalue weighted by Gasteiger charge is 2.21. The van der Waals surface area contributed by atoms with Gasteiger partial charge in [0.25, 0.3) is 0 Å². The molecule has 0 radical (unpaired) electrons. The van der Waals surface area contributed by atoms with E-state index in [4.69, 9.17) is 14.5 Å². The largest absolute Gasteiger partial charge is 0.497 e. The average molecular weight is 445 g/mol. The van der Waals surface area contributed by atoms with E-state index in [0.29, 0.717) is 12.2 Å². The molecule has 0 saturated carbocycles. The summed E-state index contributed by atoms with van der Waals surface area (Å²) in [6.07, 6.45) is 0.570. The number of nitrogens with zero attached hydrogens (tertiary/aromatic N) is 1. The van der Waals surface area contributed by atoms with Crippen LogP contribution in [0.4, 0.5) is 4.79 Å². The minimum absolute atomic E-state index is 0.238. The Balaban J connectivity index is 1.55. The van der Waals surface area contributed by atoms with E-state index < -0.39 is 0 Å². The first-order valence-corrected chi connectivity index (χ1v) is 10.8. The average Bonchev–Trinajstić information content (AvgIpc) is 3.28. The first-order chi connectivity index (χ1) is 16.1. The molecule has 170 valence electrons. The number of para-hydroxylation sites is 3. The third-order valence-corrected chi connectivity index (χ3v) is 5.59. The zero-order chi connectivity index (χ0) is 23.2. The number of rotatable bonds is 8. The Hall–Kier alpha value is -4.00. The summed E-state index contributed by atoms with van der Waals surface area (Å²) in [5.41, 5.74) is 3.75. The van der Waals surface area contributed by atoms with E-state index in [2.05, 4.69) is 15.6 Å². The van der Waals surface area contributed by atoms with Crippen molar-refractivity contribution in [2.24, 2.45) is 0 Å². The van der Waals surface area contributed by atoms with Gasteiger partial charge in [0.15, 0.2) is 0 Å². The molecule has 0 aliphatic heterocycles. The fourth-order valence-corrected chi connectivity index (χ4v) is 3.85.